The van der Waals surface area contributed by atoms with Crippen molar-refractivity contribution >= 4 is 39.2 Å². The predicted molar refractivity (Wildman–Crippen MR) is 68.5 cm³/mol. The summed E-state index contributed by atoms with van der Waals surface area (Å²) >= 11 is 11.4. The van der Waals surface area contributed by atoms with Gasteiger partial charge in [0.2, 0.25) is 10.0 Å². The van der Waals surface area contributed by atoms with Gasteiger partial charge in [-0.1, -0.05) is 30.1 Å². The van der Waals surface area contributed by atoms with Gasteiger partial charge in [-0.25, -0.2) is 8.42 Å². The highest BCUT2D eigenvalue weighted by atomic mass is 35.5. The maximum atomic E-state index is 12.1. The van der Waals surface area contributed by atoms with Gasteiger partial charge in [-0.2, -0.15) is 4.31 Å². The molecule has 5 nitrogen and oxygen atoms in total. The summed E-state index contributed by atoms with van der Waals surface area (Å²) in [7, 11) is -3.88. The Morgan fingerprint density at radius 2 is 1.94 bits per heavy atom. The molecule has 0 radical (unpaired) electrons. The van der Waals surface area contributed by atoms with Crippen molar-refractivity contribution in [2.75, 3.05) is 13.1 Å². The fourth-order valence-electron chi connectivity index (χ4n) is 1.30. The summed E-state index contributed by atoms with van der Waals surface area (Å²) in [6.07, 6.45) is 0. The van der Waals surface area contributed by atoms with Crippen molar-refractivity contribution in [3.63, 3.8) is 0 Å². The molecule has 0 aromatic heterocycles. The van der Waals surface area contributed by atoms with Gasteiger partial charge in [0.1, 0.15) is 6.54 Å². The summed E-state index contributed by atoms with van der Waals surface area (Å²) in [5, 5.41) is 9.00. The van der Waals surface area contributed by atoms with Crippen LogP contribution in [0, 0.1) is 0 Å². The Hall–Kier alpha value is -0.820. The van der Waals surface area contributed by atoms with Crippen LogP contribution >= 0.6 is 23.2 Å². The van der Waals surface area contributed by atoms with E-state index in [4.69, 9.17) is 28.3 Å². The van der Waals surface area contributed by atoms with Crippen LogP contribution in [0.2, 0.25) is 10.0 Å². The molecule has 0 saturated heterocycles. The van der Waals surface area contributed by atoms with Crippen molar-refractivity contribution in [3.05, 3.63) is 28.2 Å². The number of aliphatic carboxylic acids is 1. The van der Waals surface area contributed by atoms with E-state index < -0.39 is 22.5 Å². The Bertz CT molecular complexity index is 559. The fraction of sp³-hybridized carbons (Fsp3) is 0.300. The van der Waals surface area contributed by atoms with E-state index in [9.17, 15) is 13.2 Å². The first-order valence-corrected chi connectivity index (χ1v) is 7.15. The molecule has 0 saturated carbocycles. The quantitative estimate of drug-likeness (QED) is 0.903. The maximum absolute atomic E-state index is 12.1. The number of sulfonamides is 1. The topological polar surface area (TPSA) is 74.7 Å². The van der Waals surface area contributed by atoms with E-state index in [0.717, 1.165) is 4.31 Å². The van der Waals surface area contributed by atoms with Crippen LogP contribution in [0.5, 0.6) is 0 Å². The second-order valence-electron chi connectivity index (χ2n) is 3.40. The lowest BCUT2D eigenvalue weighted by Crippen LogP contribution is -2.35. The Morgan fingerprint density at radius 1 is 1.33 bits per heavy atom. The zero-order valence-electron chi connectivity index (χ0n) is 9.43. The molecule has 18 heavy (non-hydrogen) atoms. The second kappa shape index (κ2) is 5.88. The molecular weight excluding hydrogens is 301 g/mol. The van der Waals surface area contributed by atoms with Gasteiger partial charge in [0.05, 0.1) is 14.9 Å². The SMILES string of the molecule is CCN(CC(=O)O)S(=O)(=O)c1ccc(Cl)c(Cl)c1. The summed E-state index contributed by atoms with van der Waals surface area (Å²) in [5.41, 5.74) is 0. The van der Waals surface area contributed by atoms with Crippen molar-refractivity contribution < 1.29 is 18.3 Å². The lowest BCUT2D eigenvalue weighted by atomic mass is 10.4. The van der Waals surface area contributed by atoms with Gasteiger partial charge in [-0.15, -0.1) is 0 Å². The molecule has 0 amide bonds. The molecule has 0 aliphatic heterocycles. The standard InChI is InChI=1S/C10H11Cl2NO4S/c1-2-13(6-10(14)15)18(16,17)7-3-4-8(11)9(12)5-7/h3-5H,2,6H2,1H3,(H,14,15). The zero-order valence-corrected chi connectivity index (χ0v) is 11.8. The zero-order chi connectivity index (χ0) is 13.9. The molecule has 1 rings (SSSR count). The number of hydrogen-bond acceptors (Lipinski definition) is 3. The summed E-state index contributed by atoms with van der Waals surface area (Å²) in [6, 6.07) is 3.84. The Morgan fingerprint density at radius 3 is 2.39 bits per heavy atom. The van der Waals surface area contributed by atoms with Crippen molar-refractivity contribution in [2.45, 2.75) is 11.8 Å². The minimum absolute atomic E-state index is 0.0505. The fourth-order valence-corrected chi connectivity index (χ4v) is 3.09. The molecule has 0 unspecified atom stereocenters. The van der Waals surface area contributed by atoms with E-state index in [2.05, 4.69) is 0 Å². The number of halogens is 2. The number of hydrogen-bond donors (Lipinski definition) is 1. The van der Waals surface area contributed by atoms with Gasteiger partial charge >= 0.3 is 5.97 Å². The first kappa shape index (κ1) is 15.2. The molecule has 0 atom stereocenters. The molecule has 0 aliphatic rings. The molecule has 1 N–H and O–H groups in total. The van der Waals surface area contributed by atoms with Gasteiger partial charge in [-0.05, 0) is 18.2 Å². The van der Waals surface area contributed by atoms with Crippen molar-refractivity contribution in [3.8, 4) is 0 Å². The van der Waals surface area contributed by atoms with E-state index >= 15 is 0 Å². The van der Waals surface area contributed by atoms with Gasteiger partial charge in [0.15, 0.2) is 0 Å². The Kier molecular flexibility index (Phi) is 4.98. The largest absolute Gasteiger partial charge is 0.480 e. The van der Waals surface area contributed by atoms with Crippen LogP contribution in [0.4, 0.5) is 0 Å². The van der Waals surface area contributed by atoms with E-state index in [1.807, 2.05) is 0 Å². The third-order valence-corrected chi connectivity index (χ3v) is 4.85. The van der Waals surface area contributed by atoms with Crippen LogP contribution < -0.4 is 0 Å². The number of benzene rings is 1. The first-order valence-electron chi connectivity index (χ1n) is 4.96. The molecular formula is C10H11Cl2NO4S. The summed E-state index contributed by atoms with van der Waals surface area (Å²) in [5.74, 6) is -1.22. The molecule has 0 bridgehead atoms. The smallest absolute Gasteiger partial charge is 0.318 e. The Balaban J connectivity index is 3.18. The van der Waals surface area contributed by atoms with Crippen LogP contribution in [-0.4, -0.2) is 36.9 Å². The lowest BCUT2D eigenvalue weighted by molar-refractivity contribution is -0.137. The highest BCUT2D eigenvalue weighted by molar-refractivity contribution is 7.89. The van der Waals surface area contributed by atoms with E-state index in [1.54, 1.807) is 6.92 Å². The molecule has 0 fully saturated rings. The number of rotatable bonds is 5. The number of nitrogens with zero attached hydrogens (tertiary/aromatic N) is 1. The Labute approximate surface area is 115 Å². The number of carbonyl (C=O) groups is 1. The van der Waals surface area contributed by atoms with Crippen LogP contribution in [0.25, 0.3) is 0 Å². The van der Waals surface area contributed by atoms with Gasteiger partial charge in [0, 0.05) is 6.54 Å². The van der Waals surface area contributed by atoms with Gasteiger partial charge in [0.25, 0.3) is 0 Å². The molecule has 100 valence electrons. The molecule has 0 heterocycles. The van der Waals surface area contributed by atoms with Gasteiger partial charge in [-0.3, -0.25) is 4.79 Å². The van der Waals surface area contributed by atoms with Crippen molar-refractivity contribution in [2.24, 2.45) is 0 Å². The molecule has 8 heteroatoms. The van der Waals surface area contributed by atoms with Gasteiger partial charge < -0.3 is 5.11 Å². The normalized spacial score (nSPS) is 11.8. The van der Waals surface area contributed by atoms with Crippen LogP contribution in [0.1, 0.15) is 6.92 Å². The molecule has 0 aliphatic carbocycles. The maximum Gasteiger partial charge on any atom is 0.318 e. The monoisotopic (exact) mass is 311 g/mol. The average Bonchev–Trinajstić information content (AvgIpc) is 2.28. The minimum atomic E-state index is -3.88. The highest BCUT2D eigenvalue weighted by Crippen LogP contribution is 2.26. The summed E-state index contributed by atoms with van der Waals surface area (Å²) in [6.45, 7) is 1.01. The van der Waals surface area contributed by atoms with E-state index in [0.29, 0.717) is 0 Å². The predicted octanol–water partition coefficient (Wildman–Crippen LogP) is 2.09. The molecule has 0 spiro atoms. The number of carboxylic acids is 1. The molecule has 1 aromatic carbocycles. The average molecular weight is 312 g/mol. The third-order valence-electron chi connectivity index (χ3n) is 2.19. The van der Waals surface area contributed by atoms with Crippen LogP contribution in [0.15, 0.2) is 23.1 Å². The highest BCUT2D eigenvalue weighted by Gasteiger charge is 2.25. The number of carboxylic acid groups (broad SMARTS) is 1. The summed E-state index contributed by atoms with van der Waals surface area (Å²) < 4.78 is 25.1. The van der Waals surface area contributed by atoms with Crippen molar-refractivity contribution in [1.82, 2.24) is 4.31 Å². The number of likely N-dealkylation sites (N-methyl/N-ethyl adjacent to an activating group) is 1. The lowest BCUT2D eigenvalue weighted by Gasteiger charge is -2.18. The minimum Gasteiger partial charge on any atom is -0.480 e. The molecule has 1 aromatic rings. The first-order chi connectivity index (χ1) is 8.28. The second-order valence-corrected chi connectivity index (χ2v) is 6.15. The van der Waals surface area contributed by atoms with Crippen molar-refractivity contribution in [1.29, 1.82) is 0 Å². The third kappa shape index (κ3) is 3.35. The van der Waals surface area contributed by atoms with Crippen LogP contribution in [-0.2, 0) is 14.8 Å². The van der Waals surface area contributed by atoms with Crippen LogP contribution in [0.3, 0.4) is 0 Å². The summed E-state index contributed by atoms with van der Waals surface area (Å²) in [4.78, 5) is 10.5. The van der Waals surface area contributed by atoms with E-state index in [-0.39, 0.29) is 21.5 Å². The van der Waals surface area contributed by atoms with E-state index in [1.165, 1.54) is 18.2 Å².